The van der Waals surface area contributed by atoms with Crippen molar-refractivity contribution in [2.24, 2.45) is 0 Å². The lowest BCUT2D eigenvalue weighted by molar-refractivity contribution is -0.168. The quantitative estimate of drug-likeness (QED) is 0.480. The van der Waals surface area contributed by atoms with Crippen LogP contribution in [0.15, 0.2) is 24.0 Å². The highest BCUT2D eigenvalue weighted by Gasteiger charge is 2.27. The third-order valence-electron chi connectivity index (χ3n) is 3.05. The van der Waals surface area contributed by atoms with Gasteiger partial charge in [-0.05, 0) is 24.6 Å². The van der Waals surface area contributed by atoms with Crippen molar-refractivity contribution in [1.29, 1.82) is 0 Å². The second kappa shape index (κ2) is 7.51. The van der Waals surface area contributed by atoms with Crippen molar-refractivity contribution in [2.75, 3.05) is 20.8 Å². The van der Waals surface area contributed by atoms with Gasteiger partial charge in [0.2, 0.25) is 0 Å². The van der Waals surface area contributed by atoms with Gasteiger partial charge in [-0.3, -0.25) is 0 Å². The molecule has 0 aliphatic heterocycles. The van der Waals surface area contributed by atoms with E-state index in [-0.39, 0.29) is 0 Å². The van der Waals surface area contributed by atoms with E-state index in [2.05, 4.69) is 6.92 Å². The van der Waals surface area contributed by atoms with Gasteiger partial charge in [0, 0.05) is 20.6 Å². The predicted octanol–water partition coefficient (Wildman–Crippen LogP) is 3.42. The van der Waals surface area contributed by atoms with Crippen LogP contribution >= 0.6 is 0 Å². The fourth-order valence-corrected chi connectivity index (χ4v) is 1.80. The Bertz CT molecular complexity index is 265. The first-order valence-electron chi connectivity index (χ1n) is 6.39. The van der Waals surface area contributed by atoms with Crippen LogP contribution in [0.3, 0.4) is 0 Å². The summed E-state index contributed by atoms with van der Waals surface area (Å²) in [5.74, 6) is 0.320. The van der Waals surface area contributed by atoms with Crippen molar-refractivity contribution in [3.63, 3.8) is 0 Å². The summed E-state index contributed by atoms with van der Waals surface area (Å²) in [4.78, 5) is 0. The molecule has 98 valence electrons. The van der Waals surface area contributed by atoms with Crippen molar-refractivity contribution in [3.8, 4) is 0 Å². The number of allylic oxidation sites excluding steroid dienone is 1. The number of unbranched alkanes of at least 4 members (excludes halogenated alkanes) is 3. The SMILES string of the molecule is CCCCCCOC1=CCC(OC)(OC)C=C1. The third-order valence-corrected chi connectivity index (χ3v) is 3.05. The maximum absolute atomic E-state index is 5.68. The van der Waals surface area contributed by atoms with Crippen LogP contribution < -0.4 is 0 Å². The molecular weight excluding hydrogens is 216 g/mol. The van der Waals surface area contributed by atoms with Crippen LogP contribution in [0.4, 0.5) is 0 Å². The topological polar surface area (TPSA) is 27.7 Å². The molecule has 1 aliphatic rings. The molecule has 0 heterocycles. The Labute approximate surface area is 104 Å². The first-order valence-corrected chi connectivity index (χ1v) is 6.39. The summed E-state index contributed by atoms with van der Waals surface area (Å²) in [5, 5.41) is 0. The molecule has 17 heavy (non-hydrogen) atoms. The van der Waals surface area contributed by atoms with E-state index in [0.717, 1.165) is 18.8 Å². The molecule has 0 fully saturated rings. The largest absolute Gasteiger partial charge is 0.494 e. The molecule has 0 atom stereocenters. The number of hydrogen-bond acceptors (Lipinski definition) is 3. The average molecular weight is 240 g/mol. The van der Waals surface area contributed by atoms with E-state index in [4.69, 9.17) is 14.2 Å². The lowest BCUT2D eigenvalue weighted by Crippen LogP contribution is -2.32. The minimum Gasteiger partial charge on any atom is -0.494 e. The molecule has 0 radical (unpaired) electrons. The molecular formula is C14H24O3. The Kier molecular flexibility index (Phi) is 6.30. The lowest BCUT2D eigenvalue weighted by Gasteiger charge is -2.28. The van der Waals surface area contributed by atoms with E-state index in [9.17, 15) is 0 Å². The summed E-state index contributed by atoms with van der Waals surface area (Å²) in [6.07, 6.45) is 11.5. The fraction of sp³-hybridized carbons (Fsp3) is 0.714. The van der Waals surface area contributed by atoms with Crippen molar-refractivity contribution >= 4 is 0 Å². The van der Waals surface area contributed by atoms with Crippen molar-refractivity contribution in [2.45, 2.75) is 44.8 Å². The van der Waals surface area contributed by atoms with Gasteiger partial charge >= 0.3 is 0 Å². The van der Waals surface area contributed by atoms with Gasteiger partial charge in [0.15, 0.2) is 5.79 Å². The number of hydrogen-bond donors (Lipinski definition) is 0. The van der Waals surface area contributed by atoms with Gasteiger partial charge in [0.25, 0.3) is 0 Å². The highest BCUT2D eigenvalue weighted by Crippen LogP contribution is 2.25. The number of rotatable bonds is 8. The normalized spacial score (nSPS) is 17.9. The first-order chi connectivity index (χ1) is 8.26. The van der Waals surface area contributed by atoms with Gasteiger partial charge in [-0.1, -0.05) is 26.2 Å². The van der Waals surface area contributed by atoms with Gasteiger partial charge in [0.1, 0.15) is 5.76 Å². The van der Waals surface area contributed by atoms with E-state index in [1.165, 1.54) is 19.3 Å². The minimum absolute atomic E-state index is 0.602. The molecule has 0 saturated carbocycles. The van der Waals surface area contributed by atoms with Crippen LogP contribution in [0, 0.1) is 0 Å². The van der Waals surface area contributed by atoms with Crippen molar-refractivity contribution in [1.82, 2.24) is 0 Å². The monoisotopic (exact) mass is 240 g/mol. The summed E-state index contributed by atoms with van der Waals surface area (Å²) in [6, 6.07) is 0. The highest BCUT2D eigenvalue weighted by molar-refractivity contribution is 5.21. The van der Waals surface area contributed by atoms with E-state index < -0.39 is 5.79 Å². The van der Waals surface area contributed by atoms with Crippen LogP contribution in [0.1, 0.15) is 39.0 Å². The summed E-state index contributed by atoms with van der Waals surface area (Å²) in [5.41, 5.74) is 0. The molecule has 3 heteroatoms. The molecule has 1 aliphatic carbocycles. The fourth-order valence-electron chi connectivity index (χ4n) is 1.80. The molecule has 0 aromatic carbocycles. The Morgan fingerprint density at radius 2 is 1.94 bits per heavy atom. The summed E-state index contributed by atoms with van der Waals surface area (Å²) < 4.78 is 16.3. The molecule has 0 bridgehead atoms. The molecule has 0 N–H and O–H groups in total. The smallest absolute Gasteiger partial charge is 0.191 e. The van der Waals surface area contributed by atoms with Crippen LogP contribution in [0.25, 0.3) is 0 Å². The molecule has 0 aromatic rings. The van der Waals surface area contributed by atoms with E-state index >= 15 is 0 Å². The Hall–Kier alpha value is -0.800. The first kappa shape index (κ1) is 14.3. The third kappa shape index (κ3) is 4.52. The minimum atomic E-state index is -0.602. The second-order valence-electron chi connectivity index (χ2n) is 4.27. The molecule has 3 nitrogen and oxygen atoms in total. The average Bonchev–Trinajstić information content (AvgIpc) is 2.39. The van der Waals surface area contributed by atoms with E-state index in [0.29, 0.717) is 6.42 Å². The van der Waals surface area contributed by atoms with Crippen LogP contribution in [0.2, 0.25) is 0 Å². The molecule has 0 saturated heterocycles. The Morgan fingerprint density at radius 1 is 1.18 bits per heavy atom. The Morgan fingerprint density at radius 3 is 2.47 bits per heavy atom. The maximum atomic E-state index is 5.68. The van der Waals surface area contributed by atoms with Gasteiger partial charge in [-0.25, -0.2) is 0 Å². The standard InChI is InChI=1S/C14H24O3/c1-4-5-6-7-12-17-13-8-10-14(15-2,16-3)11-9-13/h8-10H,4-7,11-12H2,1-3H3. The maximum Gasteiger partial charge on any atom is 0.191 e. The second-order valence-corrected chi connectivity index (χ2v) is 4.27. The Balaban J connectivity index is 2.25. The number of ether oxygens (including phenoxy) is 3. The predicted molar refractivity (Wildman–Crippen MR) is 68.7 cm³/mol. The van der Waals surface area contributed by atoms with Crippen LogP contribution in [-0.4, -0.2) is 26.6 Å². The summed E-state index contributed by atoms with van der Waals surface area (Å²) in [6.45, 7) is 3.01. The zero-order valence-electron chi connectivity index (χ0n) is 11.2. The van der Waals surface area contributed by atoms with Crippen molar-refractivity contribution < 1.29 is 14.2 Å². The van der Waals surface area contributed by atoms with Crippen LogP contribution in [-0.2, 0) is 14.2 Å². The van der Waals surface area contributed by atoms with E-state index in [1.54, 1.807) is 14.2 Å². The lowest BCUT2D eigenvalue weighted by atomic mass is 10.1. The van der Waals surface area contributed by atoms with Crippen molar-refractivity contribution in [3.05, 3.63) is 24.0 Å². The zero-order chi connectivity index (χ0) is 12.6. The van der Waals surface area contributed by atoms with Gasteiger partial charge < -0.3 is 14.2 Å². The highest BCUT2D eigenvalue weighted by atomic mass is 16.7. The molecule has 0 aromatic heterocycles. The molecule has 0 unspecified atom stereocenters. The molecule has 0 amide bonds. The van der Waals surface area contributed by atoms with Gasteiger partial charge in [-0.15, -0.1) is 0 Å². The van der Waals surface area contributed by atoms with E-state index in [1.807, 2.05) is 18.2 Å². The molecule has 1 rings (SSSR count). The summed E-state index contributed by atoms with van der Waals surface area (Å²) in [7, 11) is 3.30. The number of methoxy groups -OCH3 is 2. The van der Waals surface area contributed by atoms with Crippen LogP contribution in [0.5, 0.6) is 0 Å². The van der Waals surface area contributed by atoms with Gasteiger partial charge in [-0.2, -0.15) is 0 Å². The molecule has 0 spiro atoms. The van der Waals surface area contributed by atoms with Gasteiger partial charge in [0.05, 0.1) is 6.61 Å². The zero-order valence-corrected chi connectivity index (χ0v) is 11.2. The summed E-state index contributed by atoms with van der Waals surface area (Å²) >= 11 is 0.